The second kappa shape index (κ2) is 6.54. The maximum absolute atomic E-state index is 13.7. The molecule has 1 saturated heterocycles. The van der Waals surface area contributed by atoms with E-state index in [1.54, 1.807) is 0 Å². The van der Waals surface area contributed by atoms with Crippen molar-refractivity contribution in [1.29, 1.82) is 0 Å². The summed E-state index contributed by atoms with van der Waals surface area (Å²) in [7, 11) is 0. The van der Waals surface area contributed by atoms with E-state index in [0.717, 1.165) is 25.0 Å². The van der Waals surface area contributed by atoms with E-state index in [9.17, 15) is 17.6 Å². The lowest BCUT2D eigenvalue weighted by Crippen LogP contribution is -2.39. The smallest absolute Gasteiger partial charge is 0.375 e. The largest absolute Gasteiger partial charge is 0.416 e. The van der Waals surface area contributed by atoms with Crippen molar-refractivity contribution >= 4 is 16.5 Å². The number of hydrogen-bond acceptors (Lipinski definition) is 5. The van der Waals surface area contributed by atoms with Crippen molar-refractivity contribution in [2.45, 2.75) is 44.7 Å². The van der Waals surface area contributed by atoms with Crippen LogP contribution in [0, 0.1) is 5.82 Å². The highest BCUT2D eigenvalue weighted by atomic mass is 32.1. The summed E-state index contributed by atoms with van der Waals surface area (Å²) in [5.74, 6) is -0.964. The van der Waals surface area contributed by atoms with Crippen LogP contribution in [0.1, 0.15) is 30.2 Å². The molecule has 0 saturated carbocycles. The average molecular weight is 374 g/mol. The van der Waals surface area contributed by atoms with Crippen molar-refractivity contribution in [2.75, 3.05) is 5.73 Å². The summed E-state index contributed by atoms with van der Waals surface area (Å²) >= 11 is 1.19. The van der Waals surface area contributed by atoms with Crippen LogP contribution in [0.3, 0.4) is 0 Å². The van der Waals surface area contributed by atoms with Gasteiger partial charge in [-0.25, -0.2) is 9.37 Å². The number of thiazole rings is 1. The number of aromatic nitrogens is 1. The molecule has 0 aliphatic carbocycles. The number of hydrogen-bond donors (Lipinski definition) is 2. The number of likely N-dealkylation sites (tertiary alicyclic amines) is 1. The Labute approximate surface area is 146 Å². The Kier molecular flexibility index (Phi) is 4.74. The number of alkyl halides is 3. The van der Waals surface area contributed by atoms with Gasteiger partial charge in [0.25, 0.3) is 0 Å². The van der Waals surface area contributed by atoms with Crippen LogP contribution in [0.25, 0.3) is 11.3 Å². The van der Waals surface area contributed by atoms with Crippen LogP contribution in [0.2, 0.25) is 0 Å². The van der Waals surface area contributed by atoms with E-state index in [1.165, 1.54) is 11.3 Å². The van der Waals surface area contributed by atoms with Gasteiger partial charge in [0.05, 0.1) is 17.4 Å². The van der Waals surface area contributed by atoms with Crippen molar-refractivity contribution in [3.8, 4) is 11.3 Å². The minimum Gasteiger partial charge on any atom is -0.375 e. The summed E-state index contributed by atoms with van der Waals surface area (Å²) in [5, 5.41) is 0.225. The first-order valence-electron chi connectivity index (χ1n) is 7.80. The Balaban J connectivity index is 2.00. The lowest BCUT2D eigenvalue weighted by atomic mass is 10.1. The quantitative estimate of drug-likeness (QED) is 0.802. The second-order valence-electron chi connectivity index (χ2n) is 6.22. The molecule has 1 fully saturated rings. The lowest BCUT2D eigenvalue weighted by Gasteiger charge is -2.25. The van der Waals surface area contributed by atoms with Gasteiger partial charge in [0.1, 0.15) is 5.82 Å². The van der Waals surface area contributed by atoms with Crippen molar-refractivity contribution in [1.82, 2.24) is 9.88 Å². The number of benzene rings is 1. The fourth-order valence-electron chi connectivity index (χ4n) is 3.10. The van der Waals surface area contributed by atoms with Gasteiger partial charge in [-0.3, -0.25) is 4.90 Å². The molecule has 0 unspecified atom stereocenters. The monoisotopic (exact) mass is 374 g/mol. The summed E-state index contributed by atoms with van der Waals surface area (Å²) in [6, 6.07) is 2.66. The number of nitrogens with zero attached hydrogens (tertiary/aromatic N) is 2. The van der Waals surface area contributed by atoms with Gasteiger partial charge in [-0.2, -0.15) is 13.2 Å². The predicted molar refractivity (Wildman–Crippen MR) is 89.1 cm³/mol. The van der Waals surface area contributed by atoms with Crippen LogP contribution >= 0.6 is 11.3 Å². The highest BCUT2D eigenvalue weighted by Gasteiger charge is 2.33. The van der Waals surface area contributed by atoms with Crippen LogP contribution in [-0.4, -0.2) is 22.1 Å². The molecule has 9 heteroatoms. The second-order valence-corrected chi connectivity index (χ2v) is 7.33. The molecule has 25 heavy (non-hydrogen) atoms. The standard InChI is InChI=1S/C16H18F4N4S/c1-8-2-3-13(21)24(8)7-12-14(23-15(22)25-12)9-4-10(16(18,19)20)6-11(17)5-9/h4-6,8,13H,2-3,7,21H2,1H3,(H2,22,23)/t8-,13+/m1/s1. The molecule has 136 valence electrons. The molecule has 2 aromatic rings. The highest BCUT2D eigenvalue weighted by Crippen LogP contribution is 2.37. The number of nitrogens with two attached hydrogens (primary N) is 2. The third kappa shape index (κ3) is 3.78. The predicted octanol–water partition coefficient (Wildman–Crippen LogP) is 3.82. The Morgan fingerprint density at radius 2 is 2.00 bits per heavy atom. The topological polar surface area (TPSA) is 68.2 Å². The van der Waals surface area contributed by atoms with E-state index in [-0.39, 0.29) is 28.6 Å². The van der Waals surface area contributed by atoms with E-state index < -0.39 is 17.6 Å². The molecular weight excluding hydrogens is 356 g/mol. The molecule has 0 bridgehead atoms. The van der Waals surface area contributed by atoms with Crippen molar-refractivity contribution < 1.29 is 17.6 Å². The zero-order valence-electron chi connectivity index (χ0n) is 13.5. The van der Waals surface area contributed by atoms with Gasteiger partial charge in [0.2, 0.25) is 0 Å². The summed E-state index contributed by atoms with van der Waals surface area (Å²) in [4.78, 5) is 6.87. The van der Waals surface area contributed by atoms with Crippen molar-refractivity contribution in [2.24, 2.45) is 5.73 Å². The number of halogens is 4. The molecule has 3 rings (SSSR count). The Morgan fingerprint density at radius 1 is 1.28 bits per heavy atom. The Morgan fingerprint density at radius 3 is 2.60 bits per heavy atom. The van der Waals surface area contributed by atoms with Crippen LogP contribution in [0.5, 0.6) is 0 Å². The number of nitrogen functional groups attached to an aromatic ring is 1. The van der Waals surface area contributed by atoms with E-state index in [2.05, 4.69) is 9.88 Å². The molecule has 2 atom stereocenters. The first-order valence-corrected chi connectivity index (χ1v) is 8.61. The van der Waals surface area contributed by atoms with Crippen LogP contribution in [-0.2, 0) is 12.7 Å². The van der Waals surface area contributed by atoms with Gasteiger partial charge in [0, 0.05) is 23.0 Å². The van der Waals surface area contributed by atoms with Gasteiger partial charge in [-0.15, -0.1) is 11.3 Å². The zero-order valence-corrected chi connectivity index (χ0v) is 14.3. The molecule has 0 amide bonds. The molecule has 1 aliphatic rings. The maximum Gasteiger partial charge on any atom is 0.416 e. The summed E-state index contributed by atoms with van der Waals surface area (Å²) in [5.41, 5.74) is 11.1. The molecular formula is C16H18F4N4S. The molecule has 0 radical (unpaired) electrons. The lowest BCUT2D eigenvalue weighted by molar-refractivity contribution is -0.137. The van der Waals surface area contributed by atoms with Gasteiger partial charge in [-0.1, -0.05) is 0 Å². The third-order valence-electron chi connectivity index (χ3n) is 4.41. The van der Waals surface area contributed by atoms with Crippen LogP contribution in [0.15, 0.2) is 18.2 Å². The molecule has 4 nitrogen and oxygen atoms in total. The SMILES string of the molecule is C[C@@H]1CC[C@@H](N)N1Cc1sc(N)nc1-c1cc(F)cc(C(F)(F)F)c1. The maximum atomic E-state index is 13.7. The van der Waals surface area contributed by atoms with E-state index >= 15 is 0 Å². The van der Waals surface area contributed by atoms with Gasteiger partial charge >= 0.3 is 6.18 Å². The first kappa shape index (κ1) is 18.1. The number of rotatable bonds is 3. The first-order chi connectivity index (χ1) is 11.6. The van der Waals surface area contributed by atoms with Crippen molar-refractivity contribution in [3.05, 3.63) is 34.5 Å². The number of anilines is 1. The summed E-state index contributed by atoms with van der Waals surface area (Å²) < 4.78 is 52.6. The Bertz CT molecular complexity index is 764. The summed E-state index contributed by atoms with van der Waals surface area (Å²) in [6.45, 7) is 2.46. The molecule has 0 spiro atoms. The molecule has 1 aromatic heterocycles. The van der Waals surface area contributed by atoms with Crippen molar-refractivity contribution in [3.63, 3.8) is 0 Å². The third-order valence-corrected chi connectivity index (χ3v) is 5.28. The van der Waals surface area contributed by atoms with Gasteiger partial charge in [-0.05, 0) is 38.0 Å². The molecule has 1 aromatic carbocycles. The van der Waals surface area contributed by atoms with Crippen LogP contribution in [0.4, 0.5) is 22.7 Å². The molecule has 4 N–H and O–H groups in total. The fourth-order valence-corrected chi connectivity index (χ4v) is 3.97. The Hall–Kier alpha value is -1.71. The summed E-state index contributed by atoms with van der Waals surface area (Å²) in [6.07, 6.45) is -2.96. The van der Waals surface area contributed by atoms with E-state index in [4.69, 9.17) is 11.5 Å². The van der Waals surface area contributed by atoms with E-state index in [0.29, 0.717) is 17.5 Å². The van der Waals surface area contributed by atoms with Gasteiger partial charge in [0.15, 0.2) is 5.13 Å². The van der Waals surface area contributed by atoms with E-state index in [1.807, 2.05) is 6.92 Å². The van der Waals surface area contributed by atoms with Crippen LogP contribution < -0.4 is 11.5 Å². The highest BCUT2D eigenvalue weighted by molar-refractivity contribution is 7.15. The minimum absolute atomic E-state index is 0.0655. The minimum atomic E-state index is -4.63. The molecule has 1 aliphatic heterocycles. The zero-order chi connectivity index (χ0) is 18.4. The molecule has 2 heterocycles. The average Bonchev–Trinajstić information content (AvgIpc) is 3.03. The fraction of sp³-hybridized carbons (Fsp3) is 0.438. The van der Waals surface area contributed by atoms with Gasteiger partial charge < -0.3 is 11.5 Å². The normalized spacial score (nSPS) is 21.8.